The van der Waals surface area contributed by atoms with Crippen molar-refractivity contribution in [2.24, 2.45) is 0 Å². The average Bonchev–Trinajstić information content (AvgIpc) is 2.39. The average molecular weight is 227 g/mol. The number of benzene rings is 2. The van der Waals surface area contributed by atoms with E-state index in [-0.39, 0.29) is 0 Å². The summed E-state index contributed by atoms with van der Waals surface area (Å²) in [7, 11) is 3.99. The minimum Gasteiger partial charge on any atom is -0.384 e. The Morgan fingerprint density at radius 2 is 1.53 bits per heavy atom. The largest absolute Gasteiger partial charge is 0.384 e. The van der Waals surface area contributed by atoms with Gasteiger partial charge < -0.3 is 10.0 Å². The van der Waals surface area contributed by atoms with Crippen molar-refractivity contribution in [1.82, 2.24) is 0 Å². The van der Waals surface area contributed by atoms with Gasteiger partial charge in [0, 0.05) is 19.8 Å². The Morgan fingerprint density at radius 3 is 2.18 bits per heavy atom. The Kier molecular flexibility index (Phi) is 3.45. The van der Waals surface area contributed by atoms with E-state index < -0.39 is 6.10 Å². The maximum Gasteiger partial charge on any atom is 0.104 e. The van der Waals surface area contributed by atoms with Crippen molar-refractivity contribution >= 4 is 5.69 Å². The minimum absolute atomic E-state index is 0.559. The van der Waals surface area contributed by atoms with Gasteiger partial charge in [-0.25, -0.2) is 0 Å². The second-order valence-electron chi connectivity index (χ2n) is 4.30. The molecule has 2 aromatic rings. The molecule has 88 valence electrons. The van der Waals surface area contributed by atoms with Crippen LogP contribution in [0.4, 0.5) is 5.69 Å². The second-order valence-corrected chi connectivity index (χ2v) is 4.30. The van der Waals surface area contributed by atoms with Gasteiger partial charge in [0.25, 0.3) is 0 Å². The lowest BCUT2D eigenvalue weighted by Gasteiger charge is -2.16. The highest BCUT2D eigenvalue weighted by atomic mass is 16.3. The summed E-state index contributed by atoms with van der Waals surface area (Å²) in [4.78, 5) is 2.03. The van der Waals surface area contributed by atoms with Crippen LogP contribution in [0.3, 0.4) is 0 Å². The van der Waals surface area contributed by atoms with E-state index in [1.54, 1.807) is 0 Å². The first-order valence-electron chi connectivity index (χ1n) is 5.69. The monoisotopic (exact) mass is 227 g/mol. The van der Waals surface area contributed by atoms with Gasteiger partial charge in [0.15, 0.2) is 0 Å². The fraction of sp³-hybridized carbons (Fsp3) is 0.200. The van der Waals surface area contributed by atoms with Crippen LogP contribution in [0.15, 0.2) is 54.6 Å². The number of nitrogens with zero attached hydrogens (tertiary/aromatic N) is 1. The molecular formula is C15H17NO. The molecule has 1 atom stereocenters. The summed E-state index contributed by atoms with van der Waals surface area (Å²) < 4.78 is 0. The SMILES string of the molecule is CN(C)c1cccc(C(O)c2ccccc2)c1. The van der Waals surface area contributed by atoms with E-state index in [2.05, 4.69) is 0 Å². The van der Waals surface area contributed by atoms with Crippen molar-refractivity contribution in [2.75, 3.05) is 19.0 Å². The van der Waals surface area contributed by atoms with Crippen LogP contribution in [0.2, 0.25) is 0 Å². The molecule has 0 aliphatic carbocycles. The predicted octanol–water partition coefficient (Wildman–Crippen LogP) is 2.83. The molecule has 0 aliphatic heterocycles. The minimum atomic E-state index is -0.559. The molecule has 0 bridgehead atoms. The summed E-state index contributed by atoms with van der Waals surface area (Å²) in [5.41, 5.74) is 2.93. The molecule has 2 aromatic carbocycles. The molecule has 0 saturated carbocycles. The van der Waals surface area contributed by atoms with E-state index >= 15 is 0 Å². The quantitative estimate of drug-likeness (QED) is 0.871. The summed E-state index contributed by atoms with van der Waals surface area (Å²) in [6, 6.07) is 17.7. The third-order valence-corrected chi connectivity index (χ3v) is 2.82. The molecule has 2 rings (SSSR count). The number of aliphatic hydroxyl groups excluding tert-OH is 1. The van der Waals surface area contributed by atoms with Crippen molar-refractivity contribution in [3.63, 3.8) is 0 Å². The van der Waals surface area contributed by atoms with Crippen LogP contribution in [-0.4, -0.2) is 19.2 Å². The maximum absolute atomic E-state index is 10.3. The number of hydrogen-bond donors (Lipinski definition) is 1. The molecular weight excluding hydrogens is 210 g/mol. The third-order valence-electron chi connectivity index (χ3n) is 2.82. The molecule has 1 unspecified atom stereocenters. The first-order chi connectivity index (χ1) is 8.18. The van der Waals surface area contributed by atoms with E-state index in [4.69, 9.17) is 0 Å². The molecule has 1 N–H and O–H groups in total. The van der Waals surface area contributed by atoms with Crippen molar-refractivity contribution in [3.05, 3.63) is 65.7 Å². The Morgan fingerprint density at radius 1 is 0.882 bits per heavy atom. The first kappa shape index (κ1) is 11.7. The lowest BCUT2D eigenvalue weighted by molar-refractivity contribution is 0.220. The van der Waals surface area contributed by atoms with Gasteiger partial charge in [0.1, 0.15) is 6.10 Å². The van der Waals surface area contributed by atoms with Gasteiger partial charge in [0.05, 0.1) is 0 Å². The predicted molar refractivity (Wildman–Crippen MR) is 71.3 cm³/mol. The summed E-state index contributed by atoms with van der Waals surface area (Å²) in [5.74, 6) is 0. The highest BCUT2D eigenvalue weighted by Gasteiger charge is 2.10. The fourth-order valence-electron chi connectivity index (χ4n) is 1.80. The lowest BCUT2D eigenvalue weighted by atomic mass is 10.0. The van der Waals surface area contributed by atoms with E-state index in [9.17, 15) is 5.11 Å². The molecule has 0 fully saturated rings. The topological polar surface area (TPSA) is 23.5 Å². The fourth-order valence-corrected chi connectivity index (χ4v) is 1.80. The Bertz CT molecular complexity index is 479. The second kappa shape index (κ2) is 5.02. The number of anilines is 1. The van der Waals surface area contributed by atoms with Gasteiger partial charge in [-0.3, -0.25) is 0 Å². The van der Waals surface area contributed by atoms with Crippen LogP contribution in [0.5, 0.6) is 0 Å². The molecule has 0 spiro atoms. The van der Waals surface area contributed by atoms with Gasteiger partial charge >= 0.3 is 0 Å². The van der Waals surface area contributed by atoms with Gasteiger partial charge in [-0.15, -0.1) is 0 Å². The van der Waals surface area contributed by atoms with E-state index in [0.29, 0.717) is 0 Å². The molecule has 2 nitrogen and oxygen atoms in total. The molecule has 0 amide bonds. The van der Waals surface area contributed by atoms with Crippen molar-refractivity contribution < 1.29 is 5.11 Å². The Balaban J connectivity index is 2.31. The van der Waals surface area contributed by atoms with Gasteiger partial charge in [0.2, 0.25) is 0 Å². The number of hydrogen-bond acceptors (Lipinski definition) is 2. The Labute approximate surface area is 102 Å². The van der Waals surface area contributed by atoms with Gasteiger partial charge in [-0.05, 0) is 23.3 Å². The van der Waals surface area contributed by atoms with Crippen LogP contribution in [-0.2, 0) is 0 Å². The van der Waals surface area contributed by atoms with Gasteiger partial charge in [-0.1, -0.05) is 42.5 Å². The highest BCUT2D eigenvalue weighted by molar-refractivity contribution is 5.48. The smallest absolute Gasteiger partial charge is 0.104 e. The Hall–Kier alpha value is -1.80. The molecule has 17 heavy (non-hydrogen) atoms. The summed E-state index contributed by atoms with van der Waals surface area (Å²) in [5, 5.41) is 10.3. The lowest BCUT2D eigenvalue weighted by Crippen LogP contribution is -2.09. The first-order valence-corrected chi connectivity index (χ1v) is 5.69. The van der Waals surface area contributed by atoms with E-state index in [1.165, 1.54) is 0 Å². The normalized spacial score (nSPS) is 12.2. The molecule has 2 heteroatoms. The van der Waals surface area contributed by atoms with Crippen LogP contribution >= 0.6 is 0 Å². The van der Waals surface area contributed by atoms with E-state index in [1.807, 2.05) is 73.6 Å². The summed E-state index contributed by atoms with van der Waals surface area (Å²) >= 11 is 0. The van der Waals surface area contributed by atoms with Crippen LogP contribution in [0.25, 0.3) is 0 Å². The van der Waals surface area contributed by atoms with Crippen molar-refractivity contribution in [2.45, 2.75) is 6.10 Å². The van der Waals surface area contributed by atoms with Crippen LogP contribution in [0.1, 0.15) is 17.2 Å². The molecule has 0 saturated heterocycles. The maximum atomic E-state index is 10.3. The molecule has 0 heterocycles. The molecule has 0 aromatic heterocycles. The zero-order valence-corrected chi connectivity index (χ0v) is 10.2. The summed E-state index contributed by atoms with van der Waals surface area (Å²) in [6.45, 7) is 0. The third kappa shape index (κ3) is 2.66. The number of aliphatic hydroxyl groups is 1. The standard InChI is InChI=1S/C15H17NO/c1-16(2)14-10-6-9-13(11-14)15(17)12-7-4-3-5-8-12/h3-11,15,17H,1-2H3. The van der Waals surface area contributed by atoms with Gasteiger partial charge in [-0.2, -0.15) is 0 Å². The zero-order chi connectivity index (χ0) is 12.3. The highest BCUT2D eigenvalue weighted by Crippen LogP contribution is 2.24. The molecule has 0 radical (unpaired) electrons. The van der Waals surface area contributed by atoms with E-state index in [0.717, 1.165) is 16.8 Å². The van der Waals surface area contributed by atoms with Crippen LogP contribution < -0.4 is 4.90 Å². The summed E-state index contributed by atoms with van der Waals surface area (Å²) in [6.07, 6.45) is -0.559. The number of rotatable bonds is 3. The molecule has 0 aliphatic rings. The van der Waals surface area contributed by atoms with Crippen molar-refractivity contribution in [3.8, 4) is 0 Å². The van der Waals surface area contributed by atoms with Crippen molar-refractivity contribution in [1.29, 1.82) is 0 Å². The zero-order valence-electron chi connectivity index (χ0n) is 10.2. The van der Waals surface area contributed by atoms with Crippen LogP contribution in [0, 0.1) is 0 Å².